The van der Waals surface area contributed by atoms with Crippen molar-refractivity contribution in [2.24, 2.45) is 5.16 Å². The van der Waals surface area contributed by atoms with E-state index in [0.29, 0.717) is 5.69 Å². The third-order valence-corrected chi connectivity index (χ3v) is 1.61. The second-order valence-corrected chi connectivity index (χ2v) is 2.31. The third-order valence-electron chi connectivity index (χ3n) is 1.61. The molecule has 0 bridgehead atoms. The molecule has 58 valence electrons. The fourth-order valence-corrected chi connectivity index (χ4v) is 0.874. The SMILES string of the molecule is Cc1c(N)cccc1C=NO. The zero-order valence-electron chi connectivity index (χ0n) is 6.28. The van der Waals surface area contributed by atoms with Gasteiger partial charge in [0, 0.05) is 11.3 Å². The van der Waals surface area contributed by atoms with Crippen molar-refractivity contribution >= 4 is 11.9 Å². The lowest BCUT2D eigenvalue weighted by Crippen LogP contribution is -1.93. The molecule has 0 aromatic heterocycles. The van der Waals surface area contributed by atoms with Crippen LogP contribution in [0.2, 0.25) is 0 Å². The van der Waals surface area contributed by atoms with E-state index in [4.69, 9.17) is 10.9 Å². The molecule has 1 aromatic carbocycles. The standard InChI is InChI=1S/C8H10N2O/c1-6-7(5-10-11)3-2-4-8(6)9/h2-5,11H,9H2,1H3. The van der Waals surface area contributed by atoms with Gasteiger partial charge in [0.15, 0.2) is 0 Å². The summed E-state index contributed by atoms with van der Waals surface area (Å²) in [6.45, 7) is 1.88. The highest BCUT2D eigenvalue weighted by Gasteiger charge is 1.96. The van der Waals surface area contributed by atoms with Crippen molar-refractivity contribution in [3.63, 3.8) is 0 Å². The fourth-order valence-electron chi connectivity index (χ4n) is 0.874. The Morgan fingerprint density at radius 1 is 1.55 bits per heavy atom. The van der Waals surface area contributed by atoms with Gasteiger partial charge in [0.1, 0.15) is 0 Å². The van der Waals surface area contributed by atoms with Gasteiger partial charge in [-0.05, 0) is 18.6 Å². The number of nitrogens with two attached hydrogens (primary N) is 1. The summed E-state index contributed by atoms with van der Waals surface area (Å²) in [6.07, 6.45) is 1.37. The first-order valence-electron chi connectivity index (χ1n) is 3.28. The van der Waals surface area contributed by atoms with Crippen molar-refractivity contribution in [1.82, 2.24) is 0 Å². The summed E-state index contributed by atoms with van der Waals surface area (Å²) < 4.78 is 0. The summed E-state index contributed by atoms with van der Waals surface area (Å²) >= 11 is 0. The Morgan fingerprint density at radius 2 is 2.27 bits per heavy atom. The van der Waals surface area contributed by atoms with Crippen molar-refractivity contribution in [3.05, 3.63) is 29.3 Å². The smallest absolute Gasteiger partial charge is 0.0737 e. The topological polar surface area (TPSA) is 58.6 Å². The van der Waals surface area contributed by atoms with Gasteiger partial charge < -0.3 is 10.9 Å². The lowest BCUT2D eigenvalue weighted by molar-refractivity contribution is 0.322. The van der Waals surface area contributed by atoms with Crippen molar-refractivity contribution in [2.45, 2.75) is 6.92 Å². The average Bonchev–Trinajstić information content (AvgIpc) is 1.99. The molecule has 1 aromatic rings. The molecule has 3 nitrogen and oxygen atoms in total. The summed E-state index contributed by atoms with van der Waals surface area (Å²) in [4.78, 5) is 0. The van der Waals surface area contributed by atoms with Gasteiger partial charge in [-0.2, -0.15) is 0 Å². The van der Waals surface area contributed by atoms with Crippen LogP contribution in [0.5, 0.6) is 0 Å². The number of hydrogen-bond acceptors (Lipinski definition) is 3. The zero-order chi connectivity index (χ0) is 8.27. The summed E-state index contributed by atoms with van der Waals surface area (Å²) in [6, 6.07) is 5.47. The van der Waals surface area contributed by atoms with Crippen LogP contribution in [-0.4, -0.2) is 11.4 Å². The second-order valence-electron chi connectivity index (χ2n) is 2.31. The largest absolute Gasteiger partial charge is 0.411 e. The maximum absolute atomic E-state index is 8.26. The van der Waals surface area contributed by atoms with Crippen molar-refractivity contribution in [2.75, 3.05) is 5.73 Å². The molecule has 0 aliphatic heterocycles. The molecule has 0 radical (unpaired) electrons. The number of hydrogen-bond donors (Lipinski definition) is 2. The quantitative estimate of drug-likeness (QED) is 0.275. The maximum atomic E-state index is 8.26. The van der Waals surface area contributed by atoms with Crippen LogP contribution in [0, 0.1) is 6.92 Å². The lowest BCUT2D eigenvalue weighted by Gasteiger charge is -2.01. The zero-order valence-corrected chi connectivity index (χ0v) is 6.28. The minimum atomic E-state index is 0.711. The highest BCUT2D eigenvalue weighted by atomic mass is 16.4. The molecule has 0 fully saturated rings. The molecule has 0 heterocycles. The molecule has 0 aliphatic rings. The van der Waals surface area contributed by atoms with Crippen LogP contribution in [0.15, 0.2) is 23.4 Å². The Morgan fingerprint density at radius 3 is 2.91 bits per heavy atom. The van der Waals surface area contributed by atoms with E-state index in [1.165, 1.54) is 6.21 Å². The van der Waals surface area contributed by atoms with Crippen molar-refractivity contribution in [3.8, 4) is 0 Å². The van der Waals surface area contributed by atoms with E-state index in [1.807, 2.05) is 25.1 Å². The Bertz CT molecular complexity index is 281. The molecule has 3 N–H and O–H groups in total. The summed E-state index contributed by atoms with van der Waals surface area (Å²) in [5.41, 5.74) is 8.09. The van der Waals surface area contributed by atoms with Crippen LogP contribution in [-0.2, 0) is 0 Å². The summed E-state index contributed by atoms with van der Waals surface area (Å²) in [5, 5.41) is 11.2. The predicted molar refractivity (Wildman–Crippen MR) is 45.0 cm³/mol. The lowest BCUT2D eigenvalue weighted by atomic mass is 10.1. The van der Waals surface area contributed by atoms with Crippen molar-refractivity contribution in [1.29, 1.82) is 0 Å². The van der Waals surface area contributed by atoms with Crippen LogP contribution in [0.1, 0.15) is 11.1 Å². The van der Waals surface area contributed by atoms with Gasteiger partial charge in [-0.15, -0.1) is 0 Å². The van der Waals surface area contributed by atoms with Gasteiger partial charge in [0.25, 0.3) is 0 Å². The number of benzene rings is 1. The molecular formula is C8H10N2O. The molecule has 0 aliphatic carbocycles. The molecule has 3 heteroatoms. The number of rotatable bonds is 1. The van der Waals surface area contributed by atoms with E-state index in [0.717, 1.165) is 11.1 Å². The summed E-state index contributed by atoms with van der Waals surface area (Å²) in [5.74, 6) is 0. The van der Waals surface area contributed by atoms with Gasteiger partial charge >= 0.3 is 0 Å². The second kappa shape index (κ2) is 3.05. The Labute approximate surface area is 65.1 Å². The number of anilines is 1. The first-order valence-corrected chi connectivity index (χ1v) is 3.28. The van der Waals surface area contributed by atoms with Gasteiger partial charge in [-0.3, -0.25) is 0 Å². The molecule has 11 heavy (non-hydrogen) atoms. The Hall–Kier alpha value is -1.51. The van der Waals surface area contributed by atoms with E-state index >= 15 is 0 Å². The Balaban J connectivity index is 3.16. The minimum Gasteiger partial charge on any atom is -0.411 e. The van der Waals surface area contributed by atoms with Gasteiger partial charge in [0.05, 0.1) is 6.21 Å². The first-order chi connectivity index (χ1) is 5.25. The average molecular weight is 150 g/mol. The van der Waals surface area contributed by atoms with Crippen LogP contribution in [0.4, 0.5) is 5.69 Å². The molecule has 0 unspecified atom stereocenters. The maximum Gasteiger partial charge on any atom is 0.0737 e. The van der Waals surface area contributed by atoms with E-state index in [2.05, 4.69) is 5.16 Å². The van der Waals surface area contributed by atoms with E-state index < -0.39 is 0 Å². The molecule has 0 saturated carbocycles. The van der Waals surface area contributed by atoms with Gasteiger partial charge in [-0.25, -0.2) is 0 Å². The molecule has 0 atom stereocenters. The predicted octanol–water partition coefficient (Wildman–Crippen LogP) is 1.39. The van der Waals surface area contributed by atoms with Crippen LogP contribution >= 0.6 is 0 Å². The van der Waals surface area contributed by atoms with Crippen LogP contribution in [0.3, 0.4) is 0 Å². The van der Waals surface area contributed by atoms with Crippen molar-refractivity contribution < 1.29 is 5.21 Å². The van der Waals surface area contributed by atoms with Crippen LogP contribution in [0.25, 0.3) is 0 Å². The van der Waals surface area contributed by atoms with E-state index in [9.17, 15) is 0 Å². The Kier molecular flexibility index (Phi) is 2.11. The first kappa shape index (κ1) is 7.60. The van der Waals surface area contributed by atoms with E-state index in [-0.39, 0.29) is 0 Å². The molecule has 0 amide bonds. The number of oxime groups is 1. The highest BCUT2D eigenvalue weighted by molar-refractivity contribution is 5.83. The molecule has 0 spiro atoms. The monoisotopic (exact) mass is 150 g/mol. The van der Waals surface area contributed by atoms with E-state index in [1.54, 1.807) is 0 Å². The third kappa shape index (κ3) is 1.49. The highest BCUT2D eigenvalue weighted by Crippen LogP contribution is 2.12. The normalized spacial score (nSPS) is 10.6. The van der Waals surface area contributed by atoms with Crippen LogP contribution < -0.4 is 5.73 Å². The molecule has 0 saturated heterocycles. The number of nitrogen functional groups attached to an aromatic ring is 1. The van der Waals surface area contributed by atoms with Gasteiger partial charge in [0.2, 0.25) is 0 Å². The van der Waals surface area contributed by atoms with Gasteiger partial charge in [-0.1, -0.05) is 17.3 Å². The summed E-state index contributed by atoms with van der Waals surface area (Å²) in [7, 11) is 0. The molecular weight excluding hydrogens is 140 g/mol. The molecule has 1 rings (SSSR count). The number of nitrogens with zero attached hydrogens (tertiary/aromatic N) is 1. The fraction of sp³-hybridized carbons (Fsp3) is 0.125. The minimum absolute atomic E-state index is 0.711.